The van der Waals surface area contributed by atoms with Gasteiger partial charge in [-0.1, -0.05) is 12.1 Å². The smallest absolute Gasteiger partial charge is 0.165 e. The van der Waals surface area contributed by atoms with Crippen molar-refractivity contribution >= 4 is 5.82 Å². The highest BCUT2D eigenvalue weighted by Gasteiger charge is 2.05. The Kier molecular flexibility index (Phi) is 2.89. The van der Waals surface area contributed by atoms with Gasteiger partial charge in [-0.25, -0.2) is 4.68 Å². The van der Waals surface area contributed by atoms with E-state index in [2.05, 4.69) is 29.3 Å². The number of hydrogen-bond acceptors (Lipinski definition) is 4. The van der Waals surface area contributed by atoms with Crippen LogP contribution in [0.4, 0.5) is 5.82 Å². The second-order valence-corrected chi connectivity index (χ2v) is 3.89. The molecule has 0 amide bonds. The van der Waals surface area contributed by atoms with Crippen LogP contribution in [0.1, 0.15) is 32.0 Å². The number of nitrogen functional groups attached to an aromatic ring is 1. The molecule has 6 heteroatoms. The summed E-state index contributed by atoms with van der Waals surface area (Å²) in [6, 6.07) is 2.42. The summed E-state index contributed by atoms with van der Waals surface area (Å²) < 4.78 is 3.65. The van der Waals surface area contributed by atoms with Gasteiger partial charge in [0.15, 0.2) is 5.82 Å². The van der Waals surface area contributed by atoms with Crippen molar-refractivity contribution < 1.29 is 0 Å². The van der Waals surface area contributed by atoms with Crippen molar-refractivity contribution in [2.45, 2.75) is 32.9 Å². The summed E-state index contributed by atoms with van der Waals surface area (Å²) in [5, 5.41) is 12.1. The molecule has 86 valence electrons. The zero-order valence-corrected chi connectivity index (χ0v) is 9.54. The Morgan fingerprint density at radius 1 is 1.50 bits per heavy atom. The Morgan fingerprint density at radius 2 is 2.31 bits per heavy atom. The highest BCUT2D eigenvalue weighted by Crippen LogP contribution is 2.09. The predicted octanol–water partition coefficient (Wildman–Crippen LogP) is 1.08. The normalized spacial score (nSPS) is 12.9. The van der Waals surface area contributed by atoms with Crippen LogP contribution >= 0.6 is 0 Å². The molecule has 2 N–H and O–H groups in total. The molecule has 1 unspecified atom stereocenters. The van der Waals surface area contributed by atoms with Gasteiger partial charge in [0, 0.05) is 12.2 Å². The van der Waals surface area contributed by atoms with Gasteiger partial charge in [-0.3, -0.25) is 4.68 Å². The van der Waals surface area contributed by atoms with Crippen molar-refractivity contribution in [3.8, 4) is 0 Å². The fourth-order valence-corrected chi connectivity index (χ4v) is 1.45. The number of nitrogens with two attached hydrogens (primary N) is 1. The van der Waals surface area contributed by atoms with E-state index in [9.17, 15) is 0 Å². The van der Waals surface area contributed by atoms with Gasteiger partial charge in [0.25, 0.3) is 0 Å². The van der Waals surface area contributed by atoms with Crippen LogP contribution < -0.4 is 5.73 Å². The standard InChI is InChI=1S/C10H16N6/c1-3-8(2)16-5-4-9(13-16)6-15-7-10(11)12-14-15/h4-5,7-8H,3,6,11H2,1-2H3. The second kappa shape index (κ2) is 4.34. The minimum atomic E-state index is 0.426. The molecule has 16 heavy (non-hydrogen) atoms. The first-order chi connectivity index (χ1) is 7.69. The van der Waals surface area contributed by atoms with Gasteiger partial charge < -0.3 is 5.73 Å². The average Bonchev–Trinajstić information content (AvgIpc) is 2.87. The molecule has 2 aromatic rings. The Labute approximate surface area is 94.1 Å². The molecule has 0 aromatic carbocycles. The Balaban J connectivity index is 2.08. The molecule has 0 aliphatic rings. The highest BCUT2D eigenvalue weighted by atomic mass is 15.4. The first-order valence-electron chi connectivity index (χ1n) is 5.38. The molecule has 0 spiro atoms. The fraction of sp³-hybridized carbons (Fsp3) is 0.500. The van der Waals surface area contributed by atoms with E-state index in [1.807, 2.05) is 16.9 Å². The molecule has 0 saturated carbocycles. The van der Waals surface area contributed by atoms with Gasteiger partial charge in [-0.2, -0.15) is 5.10 Å². The molecule has 2 aromatic heterocycles. The number of nitrogens with zero attached hydrogens (tertiary/aromatic N) is 5. The second-order valence-electron chi connectivity index (χ2n) is 3.89. The summed E-state index contributed by atoms with van der Waals surface area (Å²) in [7, 11) is 0. The molecule has 0 radical (unpaired) electrons. The predicted molar refractivity (Wildman–Crippen MR) is 60.8 cm³/mol. The van der Waals surface area contributed by atoms with E-state index >= 15 is 0 Å². The van der Waals surface area contributed by atoms with Gasteiger partial charge in [-0.15, -0.1) is 5.10 Å². The molecule has 1 atom stereocenters. The van der Waals surface area contributed by atoms with Gasteiger partial charge in [0.2, 0.25) is 0 Å². The van der Waals surface area contributed by atoms with Crippen molar-refractivity contribution in [1.29, 1.82) is 0 Å². The lowest BCUT2D eigenvalue weighted by Crippen LogP contribution is -2.06. The van der Waals surface area contributed by atoms with Crippen LogP contribution in [0.25, 0.3) is 0 Å². The van der Waals surface area contributed by atoms with Gasteiger partial charge in [0.1, 0.15) is 0 Å². The quantitative estimate of drug-likeness (QED) is 0.836. The molecular formula is C10H16N6. The summed E-state index contributed by atoms with van der Waals surface area (Å²) in [4.78, 5) is 0. The molecule has 0 aliphatic carbocycles. The number of anilines is 1. The van der Waals surface area contributed by atoms with Gasteiger partial charge >= 0.3 is 0 Å². The lowest BCUT2D eigenvalue weighted by atomic mass is 10.3. The maximum Gasteiger partial charge on any atom is 0.165 e. The summed E-state index contributed by atoms with van der Waals surface area (Å²) in [5.41, 5.74) is 6.45. The Morgan fingerprint density at radius 3 is 2.94 bits per heavy atom. The maximum atomic E-state index is 5.49. The summed E-state index contributed by atoms with van der Waals surface area (Å²) in [5.74, 6) is 0.432. The van der Waals surface area contributed by atoms with Gasteiger partial charge in [0.05, 0.1) is 18.4 Å². The Bertz CT molecular complexity index is 457. The van der Waals surface area contributed by atoms with Crippen molar-refractivity contribution in [3.63, 3.8) is 0 Å². The third-order valence-electron chi connectivity index (χ3n) is 2.59. The van der Waals surface area contributed by atoms with Crippen LogP contribution in [0.15, 0.2) is 18.5 Å². The van der Waals surface area contributed by atoms with E-state index < -0.39 is 0 Å². The van der Waals surface area contributed by atoms with Crippen LogP contribution in [-0.4, -0.2) is 24.8 Å². The Hall–Kier alpha value is -1.85. The number of rotatable bonds is 4. The van der Waals surface area contributed by atoms with Crippen LogP contribution in [-0.2, 0) is 6.54 Å². The number of hydrogen-bond donors (Lipinski definition) is 1. The molecule has 6 nitrogen and oxygen atoms in total. The molecule has 0 fully saturated rings. The maximum absolute atomic E-state index is 5.49. The lowest BCUT2D eigenvalue weighted by molar-refractivity contribution is 0.470. The van der Waals surface area contributed by atoms with Crippen LogP contribution in [0, 0.1) is 0 Å². The first-order valence-corrected chi connectivity index (χ1v) is 5.38. The largest absolute Gasteiger partial charge is 0.381 e. The third kappa shape index (κ3) is 2.21. The monoisotopic (exact) mass is 220 g/mol. The SMILES string of the molecule is CCC(C)n1ccc(Cn2cc(N)nn2)n1. The van der Waals surface area contributed by atoms with E-state index in [1.54, 1.807) is 10.9 Å². The molecular weight excluding hydrogens is 204 g/mol. The minimum absolute atomic E-state index is 0.426. The van der Waals surface area contributed by atoms with E-state index in [0.717, 1.165) is 12.1 Å². The topological polar surface area (TPSA) is 74.5 Å². The molecule has 2 heterocycles. The van der Waals surface area contributed by atoms with E-state index in [0.29, 0.717) is 18.4 Å². The van der Waals surface area contributed by atoms with Crippen molar-refractivity contribution in [3.05, 3.63) is 24.2 Å². The molecule has 0 aliphatic heterocycles. The summed E-state index contributed by atoms with van der Waals surface area (Å²) in [6.07, 6.45) is 4.75. The van der Waals surface area contributed by atoms with Crippen LogP contribution in [0.5, 0.6) is 0 Å². The van der Waals surface area contributed by atoms with E-state index in [-0.39, 0.29) is 0 Å². The van der Waals surface area contributed by atoms with Crippen molar-refractivity contribution in [2.75, 3.05) is 5.73 Å². The minimum Gasteiger partial charge on any atom is -0.381 e. The molecule has 0 saturated heterocycles. The zero-order valence-electron chi connectivity index (χ0n) is 9.54. The van der Waals surface area contributed by atoms with Crippen molar-refractivity contribution in [1.82, 2.24) is 24.8 Å². The average molecular weight is 220 g/mol. The first kappa shape index (κ1) is 10.7. The summed E-state index contributed by atoms with van der Waals surface area (Å²) in [6.45, 7) is 4.89. The number of aromatic nitrogens is 5. The molecule has 0 bridgehead atoms. The molecule has 2 rings (SSSR count). The lowest BCUT2D eigenvalue weighted by Gasteiger charge is -2.07. The highest BCUT2D eigenvalue weighted by molar-refractivity contribution is 5.20. The third-order valence-corrected chi connectivity index (χ3v) is 2.59. The van der Waals surface area contributed by atoms with E-state index in [1.165, 1.54) is 0 Å². The van der Waals surface area contributed by atoms with Gasteiger partial charge in [-0.05, 0) is 19.4 Å². The fourth-order valence-electron chi connectivity index (χ4n) is 1.45. The van der Waals surface area contributed by atoms with Crippen LogP contribution in [0.3, 0.4) is 0 Å². The summed E-state index contributed by atoms with van der Waals surface area (Å²) >= 11 is 0. The van der Waals surface area contributed by atoms with E-state index in [4.69, 9.17) is 5.73 Å². The van der Waals surface area contributed by atoms with Crippen LogP contribution in [0.2, 0.25) is 0 Å². The van der Waals surface area contributed by atoms with Crippen molar-refractivity contribution in [2.24, 2.45) is 0 Å². The zero-order chi connectivity index (χ0) is 11.5.